The molecule has 2 aromatic carbocycles. The first kappa shape index (κ1) is 16.8. The van der Waals surface area contributed by atoms with Crippen LogP contribution in [-0.2, 0) is 0 Å². The van der Waals surface area contributed by atoms with E-state index in [2.05, 4.69) is 0 Å². The molecule has 0 amide bonds. The van der Waals surface area contributed by atoms with Gasteiger partial charge in [-0.25, -0.2) is 0 Å². The number of furan rings is 1. The van der Waals surface area contributed by atoms with Crippen molar-refractivity contribution in [3.63, 3.8) is 0 Å². The highest BCUT2D eigenvalue weighted by atomic mass is 16.5. The lowest BCUT2D eigenvalue weighted by Crippen LogP contribution is -1.97. The predicted octanol–water partition coefficient (Wildman–Crippen LogP) is 4.58. The molecule has 3 rings (SSSR count). The summed E-state index contributed by atoms with van der Waals surface area (Å²) in [5.74, 6) is 2.80. The molecule has 0 atom stereocenters. The molecule has 5 heteroatoms. The fourth-order valence-electron chi connectivity index (χ4n) is 2.58. The SMILES string of the molecule is CCOc1cc(-c2ccc(-c3ccc(N)c(OCC)c3)o2)ccc1N. The predicted molar refractivity (Wildman–Crippen MR) is 101 cm³/mol. The monoisotopic (exact) mass is 338 g/mol. The maximum Gasteiger partial charge on any atom is 0.142 e. The van der Waals surface area contributed by atoms with E-state index in [-0.39, 0.29) is 0 Å². The first-order chi connectivity index (χ1) is 12.1. The maximum atomic E-state index is 6.01. The largest absolute Gasteiger partial charge is 0.492 e. The van der Waals surface area contributed by atoms with Crippen LogP contribution in [0.2, 0.25) is 0 Å². The number of hydrogen-bond donors (Lipinski definition) is 2. The molecule has 130 valence electrons. The Morgan fingerprint density at radius 3 is 1.56 bits per heavy atom. The van der Waals surface area contributed by atoms with Crippen molar-refractivity contribution in [1.29, 1.82) is 0 Å². The fourth-order valence-corrected chi connectivity index (χ4v) is 2.58. The van der Waals surface area contributed by atoms with Crippen molar-refractivity contribution in [2.45, 2.75) is 13.8 Å². The van der Waals surface area contributed by atoms with Gasteiger partial charge in [0.15, 0.2) is 0 Å². The van der Waals surface area contributed by atoms with Gasteiger partial charge < -0.3 is 25.4 Å². The molecular formula is C20H22N2O3. The van der Waals surface area contributed by atoms with Gasteiger partial charge >= 0.3 is 0 Å². The van der Waals surface area contributed by atoms with Crippen LogP contribution in [0.4, 0.5) is 11.4 Å². The van der Waals surface area contributed by atoms with Crippen molar-refractivity contribution in [1.82, 2.24) is 0 Å². The summed E-state index contributed by atoms with van der Waals surface area (Å²) in [4.78, 5) is 0. The molecule has 0 saturated carbocycles. The molecule has 0 spiro atoms. The number of nitrogens with two attached hydrogens (primary N) is 2. The van der Waals surface area contributed by atoms with Gasteiger partial charge in [0, 0.05) is 11.1 Å². The van der Waals surface area contributed by atoms with E-state index in [1.54, 1.807) is 0 Å². The Morgan fingerprint density at radius 1 is 0.720 bits per heavy atom. The highest BCUT2D eigenvalue weighted by Crippen LogP contribution is 2.34. The summed E-state index contributed by atoms with van der Waals surface area (Å²) in [5, 5.41) is 0. The minimum absolute atomic E-state index is 0.558. The molecule has 0 saturated heterocycles. The van der Waals surface area contributed by atoms with E-state index >= 15 is 0 Å². The fraction of sp³-hybridized carbons (Fsp3) is 0.200. The number of rotatable bonds is 6. The standard InChI is InChI=1S/C20H22N2O3/c1-3-23-19-11-13(5-7-15(19)21)17-9-10-18(25-17)14-6-8-16(22)20(12-14)24-4-2/h5-12H,3-4,21-22H2,1-2H3. The second-order valence-corrected chi connectivity index (χ2v) is 5.54. The molecule has 0 fully saturated rings. The Hall–Kier alpha value is -3.08. The number of hydrogen-bond acceptors (Lipinski definition) is 5. The number of nitrogen functional groups attached to an aromatic ring is 2. The van der Waals surface area contributed by atoms with E-state index < -0.39 is 0 Å². The summed E-state index contributed by atoms with van der Waals surface area (Å²) < 4.78 is 17.1. The average Bonchev–Trinajstić information content (AvgIpc) is 3.09. The summed E-state index contributed by atoms with van der Waals surface area (Å²) in [6.45, 7) is 4.97. The zero-order valence-electron chi connectivity index (χ0n) is 14.4. The molecule has 0 bridgehead atoms. The lowest BCUT2D eigenvalue weighted by atomic mass is 10.1. The zero-order chi connectivity index (χ0) is 17.8. The van der Waals surface area contributed by atoms with Crippen LogP contribution in [0.25, 0.3) is 22.6 Å². The van der Waals surface area contributed by atoms with Gasteiger partial charge in [0.2, 0.25) is 0 Å². The third kappa shape index (κ3) is 3.55. The molecule has 25 heavy (non-hydrogen) atoms. The van der Waals surface area contributed by atoms with Crippen LogP contribution in [0, 0.1) is 0 Å². The van der Waals surface area contributed by atoms with E-state index in [0.717, 1.165) is 22.6 Å². The van der Waals surface area contributed by atoms with Crippen molar-refractivity contribution in [2.24, 2.45) is 0 Å². The topological polar surface area (TPSA) is 83.6 Å². The van der Waals surface area contributed by atoms with E-state index in [4.69, 9.17) is 25.4 Å². The van der Waals surface area contributed by atoms with Crippen LogP contribution in [0.5, 0.6) is 11.5 Å². The summed E-state index contributed by atoms with van der Waals surface area (Å²) in [5.41, 5.74) is 14.9. The number of benzene rings is 2. The molecule has 0 aliphatic rings. The molecule has 1 aromatic heterocycles. The quantitative estimate of drug-likeness (QED) is 0.643. The first-order valence-electron chi connectivity index (χ1n) is 8.27. The molecule has 0 unspecified atom stereocenters. The summed E-state index contributed by atoms with van der Waals surface area (Å²) >= 11 is 0. The number of anilines is 2. The third-order valence-corrected chi connectivity index (χ3v) is 3.80. The van der Waals surface area contributed by atoms with Crippen molar-refractivity contribution >= 4 is 11.4 Å². The summed E-state index contributed by atoms with van der Waals surface area (Å²) in [6.07, 6.45) is 0. The summed E-state index contributed by atoms with van der Waals surface area (Å²) in [7, 11) is 0. The Labute approximate surface area is 147 Å². The smallest absolute Gasteiger partial charge is 0.142 e. The van der Waals surface area contributed by atoms with Gasteiger partial charge in [-0.2, -0.15) is 0 Å². The van der Waals surface area contributed by atoms with Gasteiger partial charge in [-0.1, -0.05) is 0 Å². The van der Waals surface area contributed by atoms with Gasteiger partial charge in [0.05, 0.1) is 24.6 Å². The van der Waals surface area contributed by atoms with Gasteiger partial charge in [-0.15, -0.1) is 0 Å². The molecule has 4 N–H and O–H groups in total. The second kappa shape index (κ2) is 7.21. The van der Waals surface area contributed by atoms with Crippen molar-refractivity contribution in [3.8, 4) is 34.1 Å². The lowest BCUT2D eigenvalue weighted by Gasteiger charge is -2.09. The molecule has 0 radical (unpaired) electrons. The van der Waals surface area contributed by atoms with Gasteiger partial charge in [-0.05, 0) is 62.4 Å². The van der Waals surface area contributed by atoms with Crippen LogP contribution >= 0.6 is 0 Å². The van der Waals surface area contributed by atoms with Crippen molar-refractivity contribution in [2.75, 3.05) is 24.7 Å². The number of ether oxygens (including phenoxy) is 2. The van der Waals surface area contributed by atoms with E-state index in [1.165, 1.54) is 0 Å². The van der Waals surface area contributed by atoms with Crippen LogP contribution in [0.1, 0.15) is 13.8 Å². The minimum Gasteiger partial charge on any atom is -0.492 e. The molecule has 0 aliphatic heterocycles. The Bertz CT molecular complexity index is 801. The van der Waals surface area contributed by atoms with E-state index in [1.807, 2.05) is 62.4 Å². The molecule has 0 aliphatic carbocycles. The molecular weight excluding hydrogens is 316 g/mol. The highest BCUT2D eigenvalue weighted by molar-refractivity contribution is 5.71. The second-order valence-electron chi connectivity index (χ2n) is 5.54. The molecule has 1 heterocycles. The lowest BCUT2D eigenvalue weighted by molar-refractivity contribution is 0.342. The third-order valence-electron chi connectivity index (χ3n) is 3.80. The normalized spacial score (nSPS) is 10.6. The van der Waals surface area contributed by atoms with E-state index in [0.29, 0.717) is 36.1 Å². The first-order valence-corrected chi connectivity index (χ1v) is 8.27. The molecule has 3 aromatic rings. The van der Waals surface area contributed by atoms with Crippen LogP contribution in [0.15, 0.2) is 52.9 Å². The van der Waals surface area contributed by atoms with Crippen molar-refractivity contribution < 1.29 is 13.9 Å². The average molecular weight is 338 g/mol. The van der Waals surface area contributed by atoms with E-state index in [9.17, 15) is 0 Å². The van der Waals surface area contributed by atoms with Gasteiger partial charge in [-0.3, -0.25) is 0 Å². The van der Waals surface area contributed by atoms with Gasteiger partial charge in [0.25, 0.3) is 0 Å². The Morgan fingerprint density at radius 2 is 1.16 bits per heavy atom. The Kier molecular flexibility index (Phi) is 4.84. The van der Waals surface area contributed by atoms with Gasteiger partial charge in [0.1, 0.15) is 23.0 Å². The molecule has 5 nitrogen and oxygen atoms in total. The van der Waals surface area contributed by atoms with Crippen LogP contribution < -0.4 is 20.9 Å². The summed E-state index contributed by atoms with van der Waals surface area (Å²) in [6, 6.07) is 15.1. The van der Waals surface area contributed by atoms with Crippen LogP contribution in [0.3, 0.4) is 0 Å². The highest BCUT2D eigenvalue weighted by Gasteiger charge is 2.11. The Balaban J connectivity index is 1.93. The maximum absolute atomic E-state index is 6.01. The van der Waals surface area contributed by atoms with Crippen LogP contribution in [-0.4, -0.2) is 13.2 Å². The minimum atomic E-state index is 0.558. The zero-order valence-corrected chi connectivity index (χ0v) is 14.4. The van der Waals surface area contributed by atoms with Crippen molar-refractivity contribution in [3.05, 3.63) is 48.5 Å².